The molecule has 8 heteroatoms. The summed E-state index contributed by atoms with van der Waals surface area (Å²) in [6, 6.07) is 9.40. The Morgan fingerprint density at radius 3 is 2.71 bits per heavy atom. The van der Waals surface area contributed by atoms with E-state index in [-0.39, 0.29) is 30.2 Å². The van der Waals surface area contributed by atoms with E-state index in [1.807, 2.05) is 0 Å². The van der Waals surface area contributed by atoms with Gasteiger partial charge in [-0.2, -0.15) is 0 Å². The summed E-state index contributed by atoms with van der Waals surface area (Å²) in [5, 5.41) is 18.6. The zero-order chi connectivity index (χ0) is 20.4. The van der Waals surface area contributed by atoms with E-state index in [0.717, 1.165) is 0 Å². The van der Waals surface area contributed by atoms with E-state index in [2.05, 4.69) is 0 Å². The number of anilines is 1. The second-order valence-electron chi connectivity index (χ2n) is 6.38. The Morgan fingerprint density at radius 1 is 1.29 bits per heavy atom. The number of benzene rings is 1. The van der Waals surface area contributed by atoms with Gasteiger partial charge in [-0.25, -0.2) is 9.18 Å². The van der Waals surface area contributed by atoms with Crippen LogP contribution < -0.4 is 10.5 Å². The molecule has 6 nitrogen and oxygen atoms in total. The third-order valence-electron chi connectivity index (χ3n) is 4.51. The fraction of sp³-hybridized carbons (Fsp3) is 0.200. The van der Waals surface area contributed by atoms with E-state index in [9.17, 15) is 24.2 Å². The van der Waals surface area contributed by atoms with Gasteiger partial charge < -0.3 is 15.1 Å². The monoisotopic (exact) mass is 404 g/mol. The number of rotatable bonds is 6. The van der Waals surface area contributed by atoms with Crippen LogP contribution in [0.3, 0.4) is 0 Å². The lowest BCUT2D eigenvalue weighted by Gasteiger charge is -2.21. The first-order valence-electron chi connectivity index (χ1n) is 8.50. The number of halogens is 2. The van der Waals surface area contributed by atoms with Crippen molar-refractivity contribution >= 4 is 28.8 Å². The number of hydrogen-bond acceptors (Lipinski definition) is 4. The van der Waals surface area contributed by atoms with Gasteiger partial charge in [0.15, 0.2) is 0 Å². The van der Waals surface area contributed by atoms with Crippen LogP contribution >= 0.6 is 11.6 Å². The summed E-state index contributed by atoms with van der Waals surface area (Å²) in [5.74, 6) is -1.87. The average molecular weight is 405 g/mol. The maximum absolute atomic E-state index is 14.2. The fourth-order valence-electron chi connectivity index (χ4n) is 3.06. The van der Waals surface area contributed by atoms with Crippen molar-refractivity contribution in [3.63, 3.8) is 0 Å². The van der Waals surface area contributed by atoms with Crippen molar-refractivity contribution in [3.05, 3.63) is 80.5 Å². The van der Waals surface area contributed by atoms with Gasteiger partial charge in [0.2, 0.25) is 0 Å². The molecule has 0 spiro atoms. The molecule has 2 heterocycles. The fourth-order valence-corrected chi connectivity index (χ4v) is 3.26. The number of aliphatic hydroxyl groups excluding tert-OH is 1. The van der Waals surface area contributed by atoms with Crippen LogP contribution in [0.4, 0.5) is 10.1 Å². The number of aromatic carboxylic acids is 1. The van der Waals surface area contributed by atoms with Gasteiger partial charge in [0, 0.05) is 26.2 Å². The largest absolute Gasteiger partial charge is 0.477 e. The molecule has 0 aliphatic heterocycles. The highest BCUT2D eigenvalue weighted by atomic mass is 35.5. The number of aromatic nitrogens is 1. The Kier molecular flexibility index (Phi) is 5.67. The van der Waals surface area contributed by atoms with E-state index in [4.69, 9.17) is 11.6 Å². The van der Waals surface area contributed by atoms with Crippen LogP contribution in [-0.2, 0) is 6.42 Å². The summed E-state index contributed by atoms with van der Waals surface area (Å²) in [7, 11) is 1.69. The van der Waals surface area contributed by atoms with Gasteiger partial charge >= 0.3 is 5.97 Å². The first-order chi connectivity index (χ1) is 13.3. The first-order valence-corrected chi connectivity index (χ1v) is 8.87. The standard InChI is InChI=1S/C20H18ClFN2O4/c1-23(7-8-25)17-10-14(20(27)28)19(26)24-11-12(5-6-16(17)24)9-13-3-2-4-15(21)18(13)22/h2-6,10-11,25H,7-9H2,1H3,(H,27,28). The zero-order valence-corrected chi connectivity index (χ0v) is 15.8. The zero-order valence-electron chi connectivity index (χ0n) is 15.0. The second-order valence-corrected chi connectivity index (χ2v) is 6.79. The van der Waals surface area contributed by atoms with Crippen LogP contribution in [0, 0.1) is 5.82 Å². The van der Waals surface area contributed by atoms with Crippen LogP contribution in [-0.4, -0.2) is 40.8 Å². The van der Waals surface area contributed by atoms with Crippen molar-refractivity contribution in [2.45, 2.75) is 6.42 Å². The lowest BCUT2D eigenvalue weighted by molar-refractivity contribution is 0.0695. The van der Waals surface area contributed by atoms with E-state index in [0.29, 0.717) is 22.3 Å². The Morgan fingerprint density at radius 2 is 2.04 bits per heavy atom. The van der Waals surface area contributed by atoms with Gasteiger partial charge in [0.25, 0.3) is 5.56 Å². The molecule has 0 saturated heterocycles. The number of hydrogen-bond donors (Lipinski definition) is 2. The Labute approximate surface area is 165 Å². The molecule has 0 unspecified atom stereocenters. The molecule has 2 aromatic heterocycles. The molecule has 0 fully saturated rings. The number of carboxylic acid groups (broad SMARTS) is 1. The smallest absolute Gasteiger partial charge is 0.341 e. The van der Waals surface area contributed by atoms with Gasteiger partial charge in [0.05, 0.1) is 22.8 Å². The van der Waals surface area contributed by atoms with Gasteiger partial charge in [-0.15, -0.1) is 0 Å². The molecule has 0 atom stereocenters. The van der Waals surface area contributed by atoms with E-state index in [1.54, 1.807) is 36.2 Å². The molecule has 0 bridgehead atoms. The first kappa shape index (κ1) is 19.9. The number of carbonyl (C=O) groups is 1. The number of aliphatic hydroxyl groups is 1. The van der Waals surface area contributed by atoms with E-state index < -0.39 is 17.3 Å². The SMILES string of the molecule is CN(CCO)c1cc(C(=O)O)c(=O)n2cc(Cc3cccc(Cl)c3F)ccc12. The van der Waals surface area contributed by atoms with Crippen molar-refractivity contribution in [1.29, 1.82) is 0 Å². The predicted octanol–water partition coefficient (Wildman–Crippen LogP) is 2.81. The van der Waals surface area contributed by atoms with Crippen molar-refractivity contribution in [3.8, 4) is 0 Å². The number of pyridine rings is 2. The summed E-state index contributed by atoms with van der Waals surface area (Å²) in [4.78, 5) is 25.8. The van der Waals surface area contributed by atoms with Gasteiger partial charge in [-0.1, -0.05) is 29.8 Å². The third-order valence-corrected chi connectivity index (χ3v) is 4.80. The minimum absolute atomic E-state index is 0.0107. The van der Waals surface area contributed by atoms with Crippen LogP contribution in [0.15, 0.2) is 47.4 Å². The van der Waals surface area contributed by atoms with E-state index >= 15 is 0 Å². The molecule has 28 heavy (non-hydrogen) atoms. The quantitative estimate of drug-likeness (QED) is 0.660. The number of likely N-dealkylation sites (N-methyl/N-ethyl adjacent to an activating group) is 1. The van der Waals surface area contributed by atoms with Crippen LogP contribution in [0.1, 0.15) is 21.5 Å². The molecular weight excluding hydrogens is 387 g/mol. The summed E-state index contributed by atoms with van der Waals surface area (Å²) < 4.78 is 15.4. The summed E-state index contributed by atoms with van der Waals surface area (Å²) in [6.07, 6.45) is 1.69. The lowest BCUT2D eigenvalue weighted by Crippen LogP contribution is -2.27. The molecule has 0 aliphatic carbocycles. The molecule has 3 aromatic rings. The van der Waals surface area contributed by atoms with Gasteiger partial charge in [-0.05, 0) is 29.3 Å². The molecule has 0 radical (unpaired) electrons. The molecular formula is C20H18ClFN2O4. The van der Waals surface area contributed by atoms with E-state index in [1.165, 1.54) is 22.7 Å². The highest BCUT2D eigenvalue weighted by Gasteiger charge is 2.17. The molecule has 146 valence electrons. The maximum Gasteiger partial charge on any atom is 0.341 e. The van der Waals surface area contributed by atoms with Crippen molar-refractivity contribution < 1.29 is 19.4 Å². The third kappa shape index (κ3) is 3.72. The highest BCUT2D eigenvalue weighted by Crippen LogP contribution is 2.24. The van der Waals surface area contributed by atoms with Crippen LogP contribution in [0.25, 0.3) is 5.52 Å². The lowest BCUT2D eigenvalue weighted by atomic mass is 10.1. The maximum atomic E-state index is 14.2. The molecule has 2 N–H and O–H groups in total. The van der Waals surface area contributed by atoms with Gasteiger partial charge in [0.1, 0.15) is 11.4 Å². The molecule has 0 aliphatic rings. The molecule has 0 saturated carbocycles. The minimum Gasteiger partial charge on any atom is -0.477 e. The number of carboxylic acids is 1. The summed E-state index contributed by atoms with van der Waals surface area (Å²) >= 11 is 5.82. The number of fused-ring (bicyclic) bond motifs is 1. The topological polar surface area (TPSA) is 82.2 Å². The minimum atomic E-state index is -1.34. The Hall–Kier alpha value is -2.90. The predicted molar refractivity (Wildman–Crippen MR) is 105 cm³/mol. The average Bonchev–Trinajstić information content (AvgIpc) is 2.66. The van der Waals surface area contributed by atoms with Crippen LogP contribution in [0.2, 0.25) is 5.02 Å². The number of nitrogens with zero attached hydrogens (tertiary/aromatic N) is 2. The molecule has 0 amide bonds. The summed E-state index contributed by atoms with van der Waals surface area (Å²) in [5.41, 5.74) is 0.897. The van der Waals surface area contributed by atoms with Crippen molar-refractivity contribution in [1.82, 2.24) is 4.40 Å². The highest BCUT2D eigenvalue weighted by molar-refractivity contribution is 6.30. The Balaban J connectivity index is 2.17. The van der Waals surface area contributed by atoms with Crippen molar-refractivity contribution in [2.75, 3.05) is 25.1 Å². The second kappa shape index (κ2) is 8.00. The van der Waals surface area contributed by atoms with Crippen LogP contribution in [0.5, 0.6) is 0 Å². The Bertz CT molecular complexity index is 1110. The normalized spacial score (nSPS) is 11.0. The molecule has 1 aromatic carbocycles. The van der Waals surface area contributed by atoms with Crippen molar-refractivity contribution in [2.24, 2.45) is 0 Å². The van der Waals surface area contributed by atoms with Gasteiger partial charge in [-0.3, -0.25) is 9.20 Å². The molecule has 3 rings (SSSR count). The summed E-state index contributed by atoms with van der Waals surface area (Å²) in [6.45, 7) is 0.138.